The molecule has 0 aliphatic heterocycles. The molecule has 0 aliphatic carbocycles. The fourth-order valence-corrected chi connectivity index (χ4v) is 2.44. The highest BCUT2D eigenvalue weighted by Crippen LogP contribution is 2.26. The summed E-state index contributed by atoms with van der Waals surface area (Å²) in [6.07, 6.45) is 2.90. The van der Waals surface area contributed by atoms with Gasteiger partial charge in [-0.1, -0.05) is 29.8 Å². The first-order valence-electron chi connectivity index (χ1n) is 7.86. The van der Waals surface area contributed by atoms with Crippen LogP contribution in [0.3, 0.4) is 0 Å². The lowest BCUT2D eigenvalue weighted by Crippen LogP contribution is -2.14. The molecule has 3 rings (SSSR count). The molecule has 0 unspecified atom stereocenters. The molecular formula is C19H17ClN4O2. The molecule has 0 saturated carbocycles. The number of aryl methyl sites for hydroxylation is 1. The minimum Gasteiger partial charge on any atom is -0.495 e. The van der Waals surface area contributed by atoms with Gasteiger partial charge >= 0.3 is 0 Å². The average molecular weight is 369 g/mol. The fraction of sp³-hybridized carbons (Fsp3) is 0.105. The van der Waals surface area contributed by atoms with Crippen LogP contribution in [0.1, 0.15) is 16.1 Å². The third kappa shape index (κ3) is 4.10. The summed E-state index contributed by atoms with van der Waals surface area (Å²) in [5.41, 5.74) is 2.50. The van der Waals surface area contributed by atoms with Crippen LogP contribution in [0.4, 0.5) is 17.2 Å². The van der Waals surface area contributed by atoms with Gasteiger partial charge in [-0.15, -0.1) is 0 Å². The second-order valence-corrected chi connectivity index (χ2v) is 5.94. The molecule has 0 bridgehead atoms. The summed E-state index contributed by atoms with van der Waals surface area (Å²) in [4.78, 5) is 20.7. The maximum Gasteiger partial charge on any atom is 0.275 e. The van der Waals surface area contributed by atoms with E-state index in [-0.39, 0.29) is 11.6 Å². The molecule has 1 heterocycles. The maximum absolute atomic E-state index is 12.3. The van der Waals surface area contributed by atoms with Crippen molar-refractivity contribution < 1.29 is 9.53 Å². The van der Waals surface area contributed by atoms with Gasteiger partial charge in [0.05, 0.1) is 25.2 Å². The SMILES string of the molecule is COc1ccccc1Nc1cnc(C(=O)Nc2ccc(C)c(Cl)c2)cn1. The second kappa shape index (κ2) is 7.84. The zero-order chi connectivity index (χ0) is 18.5. The van der Waals surface area contributed by atoms with Gasteiger partial charge in [-0.2, -0.15) is 0 Å². The van der Waals surface area contributed by atoms with E-state index in [1.54, 1.807) is 19.2 Å². The molecule has 132 valence electrons. The summed E-state index contributed by atoms with van der Waals surface area (Å²) in [6.45, 7) is 1.90. The summed E-state index contributed by atoms with van der Waals surface area (Å²) >= 11 is 6.07. The molecule has 26 heavy (non-hydrogen) atoms. The molecule has 0 spiro atoms. The summed E-state index contributed by atoms with van der Waals surface area (Å²) < 4.78 is 5.28. The van der Waals surface area contributed by atoms with Crippen LogP contribution in [0.25, 0.3) is 0 Å². The molecule has 2 aromatic carbocycles. The van der Waals surface area contributed by atoms with Gasteiger partial charge in [0.25, 0.3) is 5.91 Å². The molecule has 2 N–H and O–H groups in total. The van der Waals surface area contributed by atoms with Gasteiger partial charge in [0.15, 0.2) is 0 Å². The summed E-state index contributed by atoms with van der Waals surface area (Å²) in [7, 11) is 1.59. The van der Waals surface area contributed by atoms with E-state index in [9.17, 15) is 4.79 Å². The minimum atomic E-state index is -0.360. The number of hydrogen-bond acceptors (Lipinski definition) is 5. The lowest BCUT2D eigenvalue weighted by molar-refractivity contribution is 0.102. The van der Waals surface area contributed by atoms with E-state index in [1.807, 2.05) is 37.3 Å². The molecule has 7 heteroatoms. The molecule has 1 amide bonds. The number of amides is 1. The molecule has 0 saturated heterocycles. The normalized spacial score (nSPS) is 10.3. The van der Waals surface area contributed by atoms with Crippen LogP contribution in [-0.4, -0.2) is 23.0 Å². The Bertz CT molecular complexity index is 929. The Kier molecular flexibility index (Phi) is 5.34. The topological polar surface area (TPSA) is 76.1 Å². The van der Waals surface area contributed by atoms with Gasteiger partial charge in [0.2, 0.25) is 0 Å². The number of aromatic nitrogens is 2. The number of para-hydroxylation sites is 2. The second-order valence-electron chi connectivity index (χ2n) is 5.53. The van der Waals surface area contributed by atoms with E-state index in [0.717, 1.165) is 11.3 Å². The van der Waals surface area contributed by atoms with Crippen molar-refractivity contribution in [2.24, 2.45) is 0 Å². The van der Waals surface area contributed by atoms with Gasteiger partial charge in [-0.3, -0.25) is 4.79 Å². The van der Waals surface area contributed by atoms with Crippen molar-refractivity contribution in [3.05, 3.63) is 71.1 Å². The highest BCUT2D eigenvalue weighted by atomic mass is 35.5. The standard InChI is InChI=1S/C19H17ClN4O2/c1-12-7-8-13(9-14(12)20)23-19(25)16-10-22-18(11-21-16)24-15-5-3-4-6-17(15)26-2/h3-11H,1-2H3,(H,22,24)(H,23,25). The molecule has 0 radical (unpaired) electrons. The lowest BCUT2D eigenvalue weighted by Gasteiger charge is -2.10. The Morgan fingerprint density at radius 1 is 1.12 bits per heavy atom. The maximum atomic E-state index is 12.3. The van der Waals surface area contributed by atoms with Crippen molar-refractivity contribution in [2.75, 3.05) is 17.7 Å². The zero-order valence-electron chi connectivity index (χ0n) is 14.3. The number of carbonyl (C=O) groups excluding carboxylic acids is 1. The third-order valence-corrected chi connectivity index (χ3v) is 4.09. The molecular weight excluding hydrogens is 352 g/mol. The van der Waals surface area contributed by atoms with E-state index in [1.165, 1.54) is 12.4 Å². The Balaban J connectivity index is 1.70. The molecule has 0 fully saturated rings. The van der Waals surface area contributed by atoms with Crippen molar-refractivity contribution >= 4 is 34.7 Å². The number of nitrogens with one attached hydrogen (secondary N) is 2. The summed E-state index contributed by atoms with van der Waals surface area (Å²) in [5.74, 6) is 0.832. The first kappa shape index (κ1) is 17.7. The Morgan fingerprint density at radius 2 is 1.92 bits per heavy atom. The van der Waals surface area contributed by atoms with E-state index in [4.69, 9.17) is 16.3 Å². The number of methoxy groups -OCH3 is 1. The number of ether oxygens (including phenoxy) is 1. The monoisotopic (exact) mass is 368 g/mol. The predicted molar refractivity (Wildman–Crippen MR) is 102 cm³/mol. The summed E-state index contributed by atoms with van der Waals surface area (Å²) in [6, 6.07) is 12.8. The van der Waals surface area contributed by atoms with Gasteiger partial charge in [-0.25, -0.2) is 9.97 Å². The number of anilines is 3. The van der Waals surface area contributed by atoms with Crippen molar-refractivity contribution in [1.29, 1.82) is 0 Å². The fourth-order valence-electron chi connectivity index (χ4n) is 2.26. The van der Waals surface area contributed by atoms with E-state index in [2.05, 4.69) is 20.6 Å². The Labute approximate surface area is 156 Å². The Morgan fingerprint density at radius 3 is 2.62 bits per heavy atom. The van der Waals surface area contributed by atoms with Crippen LogP contribution in [0.15, 0.2) is 54.9 Å². The van der Waals surface area contributed by atoms with Gasteiger partial charge in [0, 0.05) is 10.7 Å². The van der Waals surface area contributed by atoms with Crippen LogP contribution >= 0.6 is 11.6 Å². The number of nitrogens with zero attached hydrogens (tertiary/aromatic N) is 2. The number of carbonyl (C=O) groups is 1. The first-order chi connectivity index (χ1) is 12.6. The van der Waals surface area contributed by atoms with Crippen LogP contribution in [0.5, 0.6) is 5.75 Å². The van der Waals surface area contributed by atoms with Crippen molar-refractivity contribution in [1.82, 2.24) is 9.97 Å². The van der Waals surface area contributed by atoms with Crippen LogP contribution in [-0.2, 0) is 0 Å². The van der Waals surface area contributed by atoms with Crippen LogP contribution in [0.2, 0.25) is 5.02 Å². The summed E-state index contributed by atoms with van der Waals surface area (Å²) in [5, 5.41) is 6.44. The quantitative estimate of drug-likeness (QED) is 0.696. The first-order valence-corrected chi connectivity index (χ1v) is 8.24. The number of halogens is 1. The molecule has 0 aliphatic rings. The third-order valence-electron chi connectivity index (χ3n) is 3.68. The molecule has 6 nitrogen and oxygen atoms in total. The van der Waals surface area contributed by atoms with Crippen LogP contribution in [0, 0.1) is 6.92 Å². The van der Waals surface area contributed by atoms with Gasteiger partial charge in [0.1, 0.15) is 17.3 Å². The van der Waals surface area contributed by atoms with Crippen LogP contribution < -0.4 is 15.4 Å². The molecule has 0 atom stereocenters. The van der Waals surface area contributed by atoms with Gasteiger partial charge in [-0.05, 0) is 36.8 Å². The molecule has 1 aromatic heterocycles. The van der Waals surface area contributed by atoms with E-state index in [0.29, 0.717) is 22.3 Å². The minimum absolute atomic E-state index is 0.201. The number of hydrogen-bond donors (Lipinski definition) is 2. The average Bonchev–Trinajstić information content (AvgIpc) is 2.66. The zero-order valence-corrected chi connectivity index (χ0v) is 15.0. The number of rotatable bonds is 5. The highest BCUT2D eigenvalue weighted by Gasteiger charge is 2.10. The van der Waals surface area contributed by atoms with Crippen molar-refractivity contribution in [3.63, 3.8) is 0 Å². The largest absolute Gasteiger partial charge is 0.495 e. The Hall–Kier alpha value is -3.12. The highest BCUT2D eigenvalue weighted by molar-refractivity contribution is 6.31. The van der Waals surface area contributed by atoms with E-state index >= 15 is 0 Å². The smallest absolute Gasteiger partial charge is 0.275 e. The molecule has 3 aromatic rings. The lowest BCUT2D eigenvalue weighted by atomic mass is 10.2. The van der Waals surface area contributed by atoms with Crippen molar-refractivity contribution in [2.45, 2.75) is 6.92 Å². The van der Waals surface area contributed by atoms with Crippen molar-refractivity contribution in [3.8, 4) is 5.75 Å². The predicted octanol–water partition coefficient (Wildman–Crippen LogP) is 4.44. The number of benzene rings is 2. The van der Waals surface area contributed by atoms with E-state index < -0.39 is 0 Å². The van der Waals surface area contributed by atoms with Gasteiger partial charge < -0.3 is 15.4 Å².